The number of anilines is 1. The van der Waals surface area contributed by atoms with Crippen molar-refractivity contribution in [1.82, 2.24) is 0 Å². The zero-order valence-corrected chi connectivity index (χ0v) is 16.3. The van der Waals surface area contributed by atoms with Gasteiger partial charge in [-0.3, -0.25) is 0 Å². The number of benzene rings is 3. The van der Waals surface area contributed by atoms with E-state index in [1.54, 1.807) is 0 Å². The highest BCUT2D eigenvalue weighted by molar-refractivity contribution is 6.30. The molecule has 1 heterocycles. The highest BCUT2D eigenvalue weighted by Crippen LogP contribution is 2.50. The lowest BCUT2D eigenvalue weighted by molar-refractivity contribution is 0.305. The fourth-order valence-electron chi connectivity index (χ4n) is 4.40. The van der Waals surface area contributed by atoms with Gasteiger partial charge in [-0.2, -0.15) is 0 Å². The number of ether oxygens (including phenoxy) is 1. The van der Waals surface area contributed by atoms with Crippen LogP contribution in [0, 0.1) is 5.92 Å². The first-order valence-corrected chi connectivity index (χ1v) is 10.1. The molecule has 0 saturated carbocycles. The molecule has 1 N–H and O–H groups in total. The second kappa shape index (κ2) is 7.37. The zero-order valence-electron chi connectivity index (χ0n) is 15.5. The molecule has 2 aliphatic rings. The monoisotopic (exact) mass is 387 g/mol. The summed E-state index contributed by atoms with van der Waals surface area (Å²) in [6.07, 6.45) is 5.75. The molecule has 0 aromatic heterocycles. The Morgan fingerprint density at radius 3 is 2.61 bits per heavy atom. The number of hydrogen-bond acceptors (Lipinski definition) is 2. The molecule has 0 amide bonds. The van der Waals surface area contributed by atoms with Crippen LogP contribution in [-0.2, 0) is 6.61 Å². The predicted molar refractivity (Wildman–Crippen MR) is 115 cm³/mol. The van der Waals surface area contributed by atoms with Gasteiger partial charge in [-0.25, -0.2) is 0 Å². The molecule has 0 fully saturated rings. The number of allylic oxidation sites excluding steroid dienone is 2. The molecule has 0 saturated heterocycles. The van der Waals surface area contributed by atoms with Gasteiger partial charge in [-0.15, -0.1) is 0 Å². The van der Waals surface area contributed by atoms with Crippen molar-refractivity contribution in [2.75, 3.05) is 5.32 Å². The van der Waals surface area contributed by atoms with Crippen LogP contribution in [0.3, 0.4) is 0 Å². The van der Waals surface area contributed by atoms with Crippen LogP contribution >= 0.6 is 11.6 Å². The average Bonchev–Trinajstić information content (AvgIpc) is 3.23. The van der Waals surface area contributed by atoms with Crippen LogP contribution in [0.4, 0.5) is 5.69 Å². The van der Waals surface area contributed by atoms with Crippen LogP contribution in [0.5, 0.6) is 5.75 Å². The summed E-state index contributed by atoms with van der Waals surface area (Å²) in [5, 5.41) is 4.55. The van der Waals surface area contributed by atoms with Crippen LogP contribution in [0.25, 0.3) is 0 Å². The Kier molecular flexibility index (Phi) is 4.58. The Balaban J connectivity index is 1.41. The Morgan fingerprint density at radius 1 is 0.964 bits per heavy atom. The molecule has 3 heteroatoms. The highest BCUT2D eigenvalue weighted by atomic mass is 35.5. The fourth-order valence-corrected chi connectivity index (χ4v) is 4.53. The van der Waals surface area contributed by atoms with Crippen molar-refractivity contribution in [3.8, 4) is 5.75 Å². The van der Waals surface area contributed by atoms with E-state index >= 15 is 0 Å². The molecule has 1 aliphatic carbocycles. The molecule has 3 aromatic carbocycles. The molecule has 0 radical (unpaired) electrons. The minimum atomic E-state index is 0.292. The van der Waals surface area contributed by atoms with Gasteiger partial charge in [0.25, 0.3) is 0 Å². The quantitative estimate of drug-likeness (QED) is 0.500. The molecule has 3 atom stereocenters. The highest BCUT2D eigenvalue weighted by Gasteiger charge is 2.37. The normalized spacial score (nSPS) is 22.2. The maximum Gasteiger partial charge on any atom is 0.120 e. The molecule has 2 nitrogen and oxygen atoms in total. The first-order chi connectivity index (χ1) is 13.8. The minimum Gasteiger partial charge on any atom is -0.489 e. The van der Waals surface area contributed by atoms with Gasteiger partial charge in [-0.05, 0) is 59.4 Å². The van der Waals surface area contributed by atoms with E-state index in [4.69, 9.17) is 16.3 Å². The lowest BCUT2D eigenvalue weighted by atomic mass is 9.77. The molecule has 1 aliphatic heterocycles. The topological polar surface area (TPSA) is 21.3 Å². The van der Waals surface area contributed by atoms with Gasteiger partial charge in [0.15, 0.2) is 0 Å². The molecular weight excluding hydrogens is 366 g/mol. The van der Waals surface area contributed by atoms with Crippen molar-refractivity contribution >= 4 is 17.3 Å². The Labute approximate surface area is 170 Å². The third-order valence-corrected chi connectivity index (χ3v) is 6.06. The van der Waals surface area contributed by atoms with Crippen molar-refractivity contribution in [2.45, 2.75) is 25.0 Å². The summed E-state index contributed by atoms with van der Waals surface area (Å²) in [6, 6.07) is 25.2. The third-order valence-electron chi connectivity index (χ3n) is 5.81. The smallest absolute Gasteiger partial charge is 0.120 e. The molecule has 0 spiro atoms. The standard InChI is InChI=1S/C25H22ClNO/c26-19-11-9-18(10-12-19)25-22-8-4-7-21(22)23-15-20(13-14-24(23)27-25)28-16-17-5-2-1-3-6-17/h1-7,9-15,21-22,25,27H,8,16H2. The number of hydrogen-bond donors (Lipinski definition) is 1. The van der Waals surface area contributed by atoms with Crippen LogP contribution in [0.1, 0.15) is 35.1 Å². The van der Waals surface area contributed by atoms with Gasteiger partial charge in [0.05, 0.1) is 6.04 Å². The third kappa shape index (κ3) is 3.29. The number of nitrogens with one attached hydrogen (secondary N) is 1. The van der Waals surface area contributed by atoms with E-state index in [-0.39, 0.29) is 0 Å². The molecule has 3 aromatic rings. The summed E-state index contributed by atoms with van der Waals surface area (Å²) in [5.41, 5.74) is 4.99. The van der Waals surface area contributed by atoms with E-state index in [1.807, 2.05) is 30.3 Å². The summed E-state index contributed by atoms with van der Waals surface area (Å²) in [6.45, 7) is 0.588. The van der Waals surface area contributed by atoms with E-state index < -0.39 is 0 Å². The van der Waals surface area contributed by atoms with Crippen molar-refractivity contribution in [3.63, 3.8) is 0 Å². The van der Waals surface area contributed by atoms with E-state index in [0.29, 0.717) is 24.5 Å². The van der Waals surface area contributed by atoms with Gasteiger partial charge in [-0.1, -0.05) is 66.2 Å². The second-order valence-corrected chi connectivity index (χ2v) is 7.99. The number of halogens is 1. The molecule has 140 valence electrons. The van der Waals surface area contributed by atoms with Gasteiger partial charge < -0.3 is 10.1 Å². The minimum absolute atomic E-state index is 0.292. The van der Waals surface area contributed by atoms with Gasteiger partial charge in [0.1, 0.15) is 12.4 Å². The van der Waals surface area contributed by atoms with Gasteiger partial charge in [0, 0.05) is 16.6 Å². The molecular formula is C25H22ClNO. The second-order valence-electron chi connectivity index (χ2n) is 7.55. The number of rotatable bonds is 4. The van der Waals surface area contributed by atoms with Crippen molar-refractivity contribution in [2.24, 2.45) is 5.92 Å². The predicted octanol–water partition coefficient (Wildman–Crippen LogP) is 6.75. The Morgan fingerprint density at radius 2 is 1.79 bits per heavy atom. The van der Waals surface area contributed by atoms with E-state index in [2.05, 4.69) is 59.9 Å². The van der Waals surface area contributed by atoms with Crippen molar-refractivity contribution < 1.29 is 4.74 Å². The lowest BCUT2D eigenvalue weighted by Crippen LogP contribution is -2.29. The van der Waals surface area contributed by atoms with Crippen molar-refractivity contribution in [1.29, 1.82) is 0 Å². The van der Waals surface area contributed by atoms with E-state index in [1.165, 1.54) is 22.4 Å². The lowest BCUT2D eigenvalue weighted by Gasteiger charge is -2.37. The van der Waals surface area contributed by atoms with E-state index in [0.717, 1.165) is 17.2 Å². The van der Waals surface area contributed by atoms with Crippen molar-refractivity contribution in [3.05, 3.63) is 107 Å². The average molecular weight is 388 g/mol. The van der Waals surface area contributed by atoms with Crippen LogP contribution < -0.4 is 10.1 Å². The summed E-state index contributed by atoms with van der Waals surface area (Å²) >= 11 is 6.09. The van der Waals surface area contributed by atoms with E-state index in [9.17, 15) is 0 Å². The maximum atomic E-state index is 6.09. The molecule has 0 bridgehead atoms. The van der Waals surface area contributed by atoms with Crippen LogP contribution in [-0.4, -0.2) is 0 Å². The van der Waals surface area contributed by atoms with Crippen LogP contribution in [0.15, 0.2) is 84.9 Å². The maximum absolute atomic E-state index is 6.09. The SMILES string of the molecule is Clc1ccc(C2Nc3ccc(OCc4ccccc4)cc3C3C=CCC32)cc1. The fraction of sp³-hybridized carbons (Fsp3) is 0.200. The largest absolute Gasteiger partial charge is 0.489 e. The molecule has 5 rings (SSSR count). The summed E-state index contributed by atoms with van der Waals surface area (Å²) in [4.78, 5) is 0. The Hall–Kier alpha value is -2.71. The first-order valence-electron chi connectivity index (χ1n) is 9.77. The zero-order chi connectivity index (χ0) is 18.9. The first kappa shape index (κ1) is 17.4. The number of fused-ring (bicyclic) bond motifs is 3. The van der Waals surface area contributed by atoms with Gasteiger partial charge >= 0.3 is 0 Å². The Bertz CT molecular complexity index is 997. The summed E-state index contributed by atoms with van der Waals surface area (Å²) < 4.78 is 6.06. The summed E-state index contributed by atoms with van der Waals surface area (Å²) in [7, 11) is 0. The molecule has 3 unspecified atom stereocenters. The summed E-state index contributed by atoms with van der Waals surface area (Å²) in [5.74, 6) is 1.85. The molecule has 28 heavy (non-hydrogen) atoms. The van der Waals surface area contributed by atoms with Crippen LogP contribution in [0.2, 0.25) is 5.02 Å². The van der Waals surface area contributed by atoms with Gasteiger partial charge in [0.2, 0.25) is 0 Å².